The Bertz CT molecular complexity index is 1110. The first kappa shape index (κ1) is 62.7. The van der Waals surface area contributed by atoms with Crippen LogP contribution in [0.3, 0.4) is 0 Å². The predicted molar refractivity (Wildman–Crippen MR) is 251 cm³/mol. The van der Waals surface area contributed by atoms with Crippen molar-refractivity contribution >= 4 is 32.7 Å². The molecule has 1 aliphatic rings. The molecule has 1 rings (SSSR count). The molecule has 0 bridgehead atoms. The number of rotatable bonds is 40. The highest BCUT2D eigenvalue weighted by atomic mass is 32.3. The summed E-state index contributed by atoms with van der Waals surface area (Å²) in [6.45, 7) is 11.1. The number of unbranched alkanes of at least 4 members (excludes halogenated alkanes) is 28. The van der Waals surface area contributed by atoms with Gasteiger partial charge in [-0.15, -0.1) is 0 Å². The molecule has 0 spiro atoms. The number of hydrogen-bond acceptors (Lipinski definition) is 12. The van der Waals surface area contributed by atoms with E-state index in [1.807, 2.05) is 0 Å². The Hall–Kier alpha value is -1.40. The lowest BCUT2D eigenvalue weighted by molar-refractivity contribution is -0.145. The van der Waals surface area contributed by atoms with Gasteiger partial charge in [0.1, 0.15) is 13.2 Å². The zero-order valence-corrected chi connectivity index (χ0v) is 41.6. The van der Waals surface area contributed by atoms with E-state index in [1.54, 1.807) is 0 Å². The van der Waals surface area contributed by atoms with Gasteiger partial charge in [0.25, 0.3) is 0 Å². The second-order valence-corrected chi connectivity index (χ2v) is 19.1. The van der Waals surface area contributed by atoms with E-state index >= 15 is 0 Å². The fraction of sp³-hybridized carbons (Fsp3) is 0.957. The fourth-order valence-corrected chi connectivity index (χ4v) is 7.24. The van der Waals surface area contributed by atoms with Gasteiger partial charge in [0.15, 0.2) is 0 Å². The van der Waals surface area contributed by atoms with Crippen molar-refractivity contribution in [1.82, 2.24) is 9.80 Å². The van der Waals surface area contributed by atoms with Crippen molar-refractivity contribution in [2.45, 2.75) is 219 Å². The Labute approximate surface area is 380 Å². The van der Waals surface area contributed by atoms with Gasteiger partial charge in [-0.05, 0) is 12.8 Å². The molecule has 2 N–H and O–H groups in total. The highest BCUT2D eigenvalue weighted by Gasteiger charge is 2.17. The molecule has 1 aliphatic heterocycles. The smallest absolute Gasteiger partial charge is 0.397 e. The van der Waals surface area contributed by atoms with Crippen LogP contribution in [-0.4, -0.2) is 114 Å². The first-order valence-corrected chi connectivity index (χ1v) is 27.3. The quantitative estimate of drug-likeness (QED) is 0.0336. The van der Waals surface area contributed by atoms with Crippen molar-refractivity contribution in [2.24, 2.45) is 0 Å². The minimum absolute atomic E-state index is 0.0375. The van der Waals surface area contributed by atoms with E-state index in [4.69, 9.17) is 18.6 Å². The van der Waals surface area contributed by atoms with E-state index in [0.29, 0.717) is 26.1 Å². The Morgan fingerprint density at radius 1 is 0.403 bits per heavy atom. The topological polar surface area (TPSA) is 186 Å². The second kappa shape index (κ2) is 46.1. The highest BCUT2D eigenvalue weighted by molar-refractivity contribution is 7.81. The van der Waals surface area contributed by atoms with Crippen molar-refractivity contribution in [3.05, 3.63) is 0 Å². The number of nitrogens with zero attached hydrogens (tertiary/aromatic N) is 2. The zero-order valence-electron chi connectivity index (χ0n) is 40.0. The lowest BCUT2D eigenvalue weighted by Crippen LogP contribution is -2.48. The number of esters is 2. The molecule has 0 aromatic rings. The van der Waals surface area contributed by atoms with Crippen LogP contribution in [0, 0.1) is 0 Å². The normalized spacial score (nSPS) is 13.5. The Balaban J connectivity index is 0. The van der Waals surface area contributed by atoms with Gasteiger partial charge in [0, 0.05) is 52.1 Å². The lowest BCUT2D eigenvalue weighted by Gasteiger charge is -2.34. The van der Waals surface area contributed by atoms with Crippen molar-refractivity contribution in [2.75, 3.05) is 66.7 Å². The molecular formula is C46H94N2O12S2. The van der Waals surface area contributed by atoms with Gasteiger partial charge in [-0.25, -0.2) is 0 Å². The van der Waals surface area contributed by atoms with Crippen LogP contribution < -0.4 is 0 Å². The van der Waals surface area contributed by atoms with Crippen LogP contribution in [0.2, 0.25) is 0 Å². The number of hydrogen-bond donors (Lipinski definition) is 2. The van der Waals surface area contributed by atoms with Crippen LogP contribution in [0.1, 0.15) is 219 Å². The lowest BCUT2D eigenvalue weighted by atomic mass is 10.0. The SMILES string of the molecule is CCCCCCCCCCCCCCCCCC(=O)OCCN1CCN(CCOC(=O)CCCCCCCCCCCCCCCCC)CC1.COS(=O)(=O)O.COS(=O)(=O)O. The molecule has 0 aromatic heterocycles. The summed E-state index contributed by atoms with van der Waals surface area (Å²) in [5.74, 6) is -0.0750. The number of carbonyl (C=O) groups is 2. The summed E-state index contributed by atoms with van der Waals surface area (Å²) in [6.07, 6.45) is 41.2. The molecule has 16 heteroatoms. The second-order valence-electron chi connectivity index (χ2n) is 16.7. The van der Waals surface area contributed by atoms with E-state index in [2.05, 4.69) is 32.0 Å². The van der Waals surface area contributed by atoms with Gasteiger partial charge >= 0.3 is 32.7 Å². The van der Waals surface area contributed by atoms with E-state index in [1.165, 1.54) is 167 Å². The molecule has 14 nitrogen and oxygen atoms in total. The maximum absolute atomic E-state index is 12.2. The third-order valence-corrected chi connectivity index (χ3v) is 12.0. The van der Waals surface area contributed by atoms with E-state index in [0.717, 1.165) is 79.2 Å². The van der Waals surface area contributed by atoms with Crippen LogP contribution in [0.15, 0.2) is 0 Å². The minimum Gasteiger partial charge on any atom is -0.464 e. The first-order chi connectivity index (χ1) is 29.8. The van der Waals surface area contributed by atoms with E-state index < -0.39 is 20.8 Å². The third kappa shape index (κ3) is 52.9. The Morgan fingerprint density at radius 3 is 0.790 bits per heavy atom. The maximum atomic E-state index is 12.2. The molecular weight excluding hydrogens is 837 g/mol. The van der Waals surface area contributed by atoms with Crippen molar-refractivity contribution in [3.63, 3.8) is 0 Å². The van der Waals surface area contributed by atoms with Crippen LogP contribution in [0.4, 0.5) is 0 Å². The van der Waals surface area contributed by atoms with Crippen LogP contribution in [-0.2, 0) is 48.2 Å². The standard InChI is InChI=1S/C44H86N2O4.2CH4O4S/c1-3-5-7-9-11-13-15-17-19-21-23-25-27-29-31-33-43(47)49-41-39-45-35-37-46(38-36-45)40-42-50-44(48)34-32-30-28-26-24-22-20-18-16-14-12-10-8-6-4-2;2*1-5-6(2,3)4/h3-42H2,1-2H3;2*1H3,(H,2,3,4). The summed E-state index contributed by atoms with van der Waals surface area (Å²) in [5, 5.41) is 0. The maximum Gasteiger partial charge on any atom is 0.397 e. The van der Waals surface area contributed by atoms with E-state index in [9.17, 15) is 26.4 Å². The molecule has 0 atom stereocenters. The van der Waals surface area contributed by atoms with Gasteiger partial charge in [0.05, 0.1) is 14.2 Å². The van der Waals surface area contributed by atoms with Crippen molar-refractivity contribution in [1.29, 1.82) is 0 Å². The molecule has 0 saturated carbocycles. The molecule has 372 valence electrons. The van der Waals surface area contributed by atoms with E-state index in [-0.39, 0.29) is 11.9 Å². The molecule has 0 aromatic carbocycles. The molecule has 0 aliphatic carbocycles. The summed E-state index contributed by atoms with van der Waals surface area (Å²) in [5.41, 5.74) is 0. The van der Waals surface area contributed by atoms with Gasteiger partial charge in [-0.2, -0.15) is 16.8 Å². The minimum atomic E-state index is -4.16. The molecule has 0 unspecified atom stereocenters. The zero-order chi connectivity index (χ0) is 46.4. The number of ether oxygens (including phenoxy) is 2. The monoisotopic (exact) mass is 931 g/mol. The summed E-state index contributed by atoms with van der Waals surface area (Å²) in [4.78, 5) is 29.1. The third-order valence-electron chi connectivity index (χ3n) is 11.2. The molecule has 1 fully saturated rings. The highest BCUT2D eigenvalue weighted by Crippen LogP contribution is 2.16. The average molecular weight is 931 g/mol. The average Bonchev–Trinajstić information content (AvgIpc) is 3.24. The summed E-state index contributed by atoms with van der Waals surface area (Å²) in [7, 11) is -6.58. The number of carbonyl (C=O) groups excluding carboxylic acids is 2. The Kier molecular flexibility index (Phi) is 46.7. The van der Waals surface area contributed by atoms with Crippen molar-refractivity contribution < 1.29 is 53.4 Å². The van der Waals surface area contributed by atoms with Gasteiger partial charge in [-0.1, -0.05) is 194 Å². The van der Waals surface area contributed by atoms with Crippen LogP contribution in [0.25, 0.3) is 0 Å². The van der Waals surface area contributed by atoms with Gasteiger partial charge < -0.3 is 9.47 Å². The fourth-order valence-electron chi connectivity index (χ4n) is 7.24. The van der Waals surface area contributed by atoms with Gasteiger partial charge in [0.2, 0.25) is 0 Å². The predicted octanol–water partition coefficient (Wildman–Crippen LogP) is 11.1. The summed E-state index contributed by atoms with van der Waals surface area (Å²) in [6, 6.07) is 0. The van der Waals surface area contributed by atoms with Gasteiger partial charge in [-0.3, -0.25) is 36.9 Å². The number of piperazine rings is 1. The Morgan fingerprint density at radius 2 is 0.597 bits per heavy atom. The molecule has 0 radical (unpaired) electrons. The summed E-state index contributed by atoms with van der Waals surface area (Å²) < 4.78 is 70.5. The van der Waals surface area contributed by atoms with Crippen LogP contribution >= 0.6 is 0 Å². The molecule has 62 heavy (non-hydrogen) atoms. The summed E-state index contributed by atoms with van der Waals surface area (Å²) >= 11 is 0. The van der Waals surface area contributed by atoms with Crippen molar-refractivity contribution in [3.8, 4) is 0 Å². The molecule has 0 amide bonds. The first-order valence-electron chi connectivity index (χ1n) is 24.6. The largest absolute Gasteiger partial charge is 0.464 e. The molecule has 1 saturated heterocycles. The molecule has 1 heterocycles. The van der Waals surface area contributed by atoms with Crippen LogP contribution in [0.5, 0.6) is 0 Å².